The van der Waals surface area contributed by atoms with Crippen LogP contribution in [0.3, 0.4) is 0 Å². The molecule has 2 aliphatic rings. The first-order valence-electron chi connectivity index (χ1n) is 11.6. The first-order valence-corrected chi connectivity index (χ1v) is 12.0. The first kappa shape index (κ1) is 24.0. The molecule has 2 heterocycles. The van der Waals surface area contributed by atoms with Crippen molar-refractivity contribution in [3.63, 3.8) is 0 Å². The number of hydrogen-bond acceptors (Lipinski definition) is 4. The van der Waals surface area contributed by atoms with Crippen molar-refractivity contribution in [1.82, 2.24) is 4.90 Å². The van der Waals surface area contributed by atoms with Crippen molar-refractivity contribution in [3.8, 4) is 0 Å². The molecule has 174 valence electrons. The van der Waals surface area contributed by atoms with E-state index in [2.05, 4.69) is 33.8 Å². The lowest BCUT2D eigenvalue weighted by atomic mass is 9.64. The lowest BCUT2D eigenvalue weighted by Crippen LogP contribution is -2.41. The Morgan fingerprint density at radius 2 is 1.48 bits per heavy atom. The van der Waals surface area contributed by atoms with E-state index in [1.165, 1.54) is 4.90 Å². The van der Waals surface area contributed by atoms with Gasteiger partial charge in [-0.05, 0) is 76.8 Å². The Balaban J connectivity index is 1.46. The summed E-state index contributed by atoms with van der Waals surface area (Å²) < 4.78 is 12.8. The second-order valence-corrected chi connectivity index (χ2v) is 10.4. The zero-order valence-electron chi connectivity index (χ0n) is 20.0. The molecule has 0 saturated carbocycles. The minimum Gasteiger partial charge on any atom is -0.403 e. The Bertz CT molecular complexity index is 1030. The molecule has 4 rings (SSSR count). The summed E-state index contributed by atoms with van der Waals surface area (Å²) in [6.07, 6.45) is 2.32. The van der Waals surface area contributed by atoms with Crippen molar-refractivity contribution < 1.29 is 18.9 Å². The van der Waals surface area contributed by atoms with E-state index in [0.29, 0.717) is 24.1 Å². The standard InChI is InChI=1S/C26H31BClNO4/c1-17-18(13-10-15-22(17)28)21(27-32-25(2,3)26(4,5)33-27)14-8-9-16-29-23(30)19-11-6-7-12-20(19)24(29)31/h6-7,10-13,15,21H,8-9,14,16H2,1-5H3/t21-/m1/s1. The number of amides is 2. The lowest BCUT2D eigenvalue weighted by molar-refractivity contribution is 0.00578. The predicted molar refractivity (Wildman–Crippen MR) is 131 cm³/mol. The van der Waals surface area contributed by atoms with Crippen LogP contribution in [0.4, 0.5) is 0 Å². The fourth-order valence-corrected chi connectivity index (χ4v) is 4.78. The van der Waals surface area contributed by atoms with E-state index in [1.807, 2.05) is 19.1 Å². The van der Waals surface area contributed by atoms with Crippen LogP contribution in [0.1, 0.15) is 84.6 Å². The van der Waals surface area contributed by atoms with Crippen molar-refractivity contribution in [2.45, 2.75) is 70.9 Å². The average molecular weight is 468 g/mol. The van der Waals surface area contributed by atoms with Gasteiger partial charge in [-0.15, -0.1) is 0 Å². The summed E-state index contributed by atoms with van der Waals surface area (Å²) in [6, 6.07) is 12.9. The number of carbonyl (C=O) groups is 2. The van der Waals surface area contributed by atoms with Crippen LogP contribution in [0.25, 0.3) is 0 Å². The summed E-state index contributed by atoms with van der Waals surface area (Å²) in [5.41, 5.74) is 2.27. The van der Waals surface area contributed by atoms with Gasteiger partial charge in [0.2, 0.25) is 0 Å². The maximum absolute atomic E-state index is 12.6. The van der Waals surface area contributed by atoms with Crippen LogP contribution >= 0.6 is 11.6 Å². The van der Waals surface area contributed by atoms with Gasteiger partial charge in [0.25, 0.3) is 11.8 Å². The van der Waals surface area contributed by atoms with Gasteiger partial charge in [0.15, 0.2) is 0 Å². The number of nitrogens with zero attached hydrogens (tertiary/aromatic N) is 1. The number of benzene rings is 2. The van der Waals surface area contributed by atoms with Gasteiger partial charge in [0, 0.05) is 17.4 Å². The minimum absolute atomic E-state index is 0.00747. The monoisotopic (exact) mass is 467 g/mol. The molecule has 1 fully saturated rings. The lowest BCUT2D eigenvalue weighted by Gasteiger charge is -2.32. The molecule has 2 amide bonds. The molecule has 2 aliphatic heterocycles. The van der Waals surface area contributed by atoms with Crippen LogP contribution in [-0.2, 0) is 9.31 Å². The van der Waals surface area contributed by atoms with Crippen molar-refractivity contribution >= 4 is 30.5 Å². The summed E-state index contributed by atoms with van der Waals surface area (Å²) in [7, 11) is -0.397. The number of imide groups is 1. The van der Waals surface area contributed by atoms with Gasteiger partial charge in [-0.1, -0.05) is 42.3 Å². The molecule has 0 spiro atoms. The number of halogens is 1. The third-order valence-electron chi connectivity index (χ3n) is 7.33. The molecule has 0 radical (unpaired) electrons. The van der Waals surface area contributed by atoms with Crippen LogP contribution in [0.15, 0.2) is 42.5 Å². The predicted octanol–water partition coefficient (Wildman–Crippen LogP) is 5.83. The zero-order valence-corrected chi connectivity index (χ0v) is 20.7. The van der Waals surface area contributed by atoms with Crippen molar-refractivity contribution in [2.24, 2.45) is 0 Å². The number of rotatable bonds is 7. The summed E-state index contributed by atoms with van der Waals surface area (Å²) in [4.78, 5) is 26.6. The van der Waals surface area contributed by atoms with E-state index in [-0.39, 0.29) is 17.6 Å². The topological polar surface area (TPSA) is 55.8 Å². The number of carbonyl (C=O) groups excluding carboxylic acids is 2. The second-order valence-electron chi connectivity index (χ2n) is 9.99. The molecule has 33 heavy (non-hydrogen) atoms. The maximum atomic E-state index is 12.6. The van der Waals surface area contributed by atoms with E-state index < -0.39 is 18.3 Å². The Morgan fingerprint density at radius 3 is 2.06 bits per heavy atom. The van der Waals surface area contributed by atoms with Crippen LogP contribution in [0, 0.1) is 6.92 Å². The van der Waals surface area contributed by atoms with Crippen molar-refractivity contribution in [1.29, 1.82) is 0 Å². The summed E-state index contributed by atoms with van der Waals surface area (Å²) in [6.45, 7) is 10.6. The SMILES string of the molecule is Cc1c(Cl)cccc1[C@@H](CCCCN1C(=O)c2ccccc2C1=O)B1OC(C)(C)C(C)(C)O1. The highest BCUT2D eigenvalue weighted by molar-refractivity contribution is 6.47. The molecule has 7 heteroatoms. The molecule has 0 aromatic heterocycles. The Hall–Kier alpha value is -2.15. The van der Waals surface area contributed by atoms with Crippen LogP contribution in [0.2, 0.25) is 5.02 Å². The molecule has 0 N–H and O–H groups in total. The molecule has 1 atom stereocenters. The zero-order chi connectivity index (χ0) is 24.0. The number of hydrogen-bond donors (Lipinski definition) is 0. The normalized spacial score (nSPS) is 19.8. The van der Waals surface area contributed by atoms with Crippen LogP contribution in [-0.4, -0.2) is 41.6 Å². The van der Waals surface area contributed by atoms with E-state index in [9.17, 15) is 9.59 Å². The molecule has 2 aromatic carbocycles. The van der Waals surface area contributed by atoms with Gasteiger partial charge < -0.3 is 9.31 Å². The van der Waals surface area contributed by atoms with Gasteiger partial charge in [-0.2, -0.15) is 0 Å². The molecule has 5 nitrogen and oxygen atoms in total. The van der Waals surface area contributed by atoms with Gasteiger partial charge >= 0.3 is 7.12 Å². The summed E-state index contributed by atoms with van der Waals surface area (Å²) in [5.74, 6) is -0.417. The van der Waals surface area contributed by atoms with E-state index >= 15 is 0 Å². The molecule has 0 bridgehead atoms. The number of unbranched alkanes of at least 4 members (excludes halogenated alkanes) is 1. The Morgan fingerprint density at radius 1 is 0.909 bits per heavy atom. The highest BCUT2D eigenvalue weighted by atomic mass is 35.5. The average Bonchev–Trinajstić information content (AvgIpc) is 3.13. The summed E-state index contributed by atoms with van der Waals surface area (Å²) >= 11 is 6.44. The van der Waals surface area contributed by atoms with Crippen LogP contribution < -0.4 is 0 Å². The number of fused-ring (bicyclic) bond motifs is 1. The minimum atomic E-state index is -0.428. The molecule has 0 unspecified atom stereocenters. The summed E-state index contributed by atoms with van der Waals surface area (Å²) in [5, 5.41) is 0.722. The van der Waals surface area contributed by atoms with E-state index in [1.54, 1.807) is 24.3 Å². The van der Waals surface area contributed by atoms with Crippen molar-refractivity contribution in [3.05, 3.63) is 69.7 Å². The third-order valence-corrected chi connectivity index (χ3v) is 7.74. The fourth-order valence-electron chi connectivity index (χ4n) is 4.59. The molecular formula is C26H31BClNO4. The second kappa shape index (κ2) is 8.90. The Kier molecular flexibility index (Phi) is 6.47. The van der Waals surface area contributed by atoms with Gasteiger partial charge in [0.05, 0.1) is 22.3 Å². The smallest absolute Gasteiger partial charge is 0.403 e. The van der Waals surface area contributed by atoms with Gasteiger partial charge in [-0.3, -0.25) is 14.5 Å². The molecule has 1 saturated heterocycles. The highest BCUT2D eigenvalue weighted by Crippen LogP contribution is 2.43. The fraction of sp³-hybridized carbons (Fsp3) is 0.462. The highest BCUT2D eigenvalue weighted by Gasteiger charge is 2.54. The van der Waals surface area contributed by atoms with Gasteiger partial charge in [-0.25, -0.2) is 0 Å². The first-order chi connectivity index (χ1) is 15.5. The molecular weight excluding hydrogens is 437 g/mol. The van der Waals surface area contributed by atoms with E-state index in [4.69, 9.17) is 20.9 Å². The van der Waals surface area contributed by atoms with Crippen molar-refractivity contribution in [2.75, 3.05) is 6.54 Å². The van der Waals surface area contributed by atoms with Crippen LogP contribution in [0.5, 0.6) is 0 Å². The third kappa shape index (κ3) is 4.36. The largest absolute Gasteiger partial charge is 0.465 e. The van der Waals surface area contributed by atoms with Gasteiger partial charge in [0.1, 0.15) is 0 Å². The Labute approximate surface area is 201 Å². The molecule has 2 aromatic rings. The maximum Gasteiger partial charge on any atom is 0.465 e. The quantitative estimate of drug-likeness (QED) is 0.292. The van der Waals surface area contributed by atoms with E-state index in [0.717, 1.165) is 29.0 Å². The molecule has 0 aliphatic carbocycles.